The number of benzene rings is 1. The third-order valence-electron chi connectivity index (χ3n) is 4.37. The fraction of sp³-hybridized carbons (Fsp3) is 0.316. The summed E-state index contributed by atoms with van der Waals surface area (Å²) < 4.78 is 21.6. The van der Waals surface area contributed by atoms with Crippen molar-refractivity contribution < 1.29 is 23.3 Å². The van der Waals surface area contributed by atoms with Gasteiger partial charge in [-0.15, -0.1) is 0 Å². The quantitative estimate of drug-likeness (QED) is 0.738. The van der Waals surface area contributed by atoms with Gasteiger partial charge in [-0.3, -0.25) is 4.79 Å². The highest BCUT2D eigenvalue weighted by molar-refractivity contribution is 5.79. The van der Waals surface area contributed by atoms with E-state index in [2.05, 4.69) is 15.6 Å². The van der Waals surface area contributed by atoms with Crippen LogP contribution in [0.1, 0.15) is 22.7 Å². The number of fused-ring (bicyclic) bond motifs is 1. The Labute approximate surface area is 155 Å². The maximum atomic E-state index is 12.2. The number of carbonyl (C=O) groups excluding carboxylic acids is 1. The number of aryl methyl sites for hydroxylation is 2. The number of amides is 1. The van der Waals surface area contributed by atoms with E-state index in [0.717, 1.165) is 22.6 Å². The van der Waals surface area contributed by atoms with Crippen LogP contribution in [0.5, 0.6) is 11.5 Å². The van der Waals surface area contributed by atoms with Gasteiger partial charge in [0, 0.05) is 17.2 Å². The molecule has 0 spiro atoms. The van der Waals surface area contributed by atoms with Crippen LogP contribution in [0.15, 0.2) is 33.3 Å². The summed E-state index contributed by atoms with van der Waals surface area (Å²) in [6, 6.07) is 7.38. The van der Waals surface area contributed by atoms with Crippen LogP contribution in [0, 0.1) is 13.8 Å². The molecule has 0 radical (unpaired) electrons. The van der Waals surface area contributed by atoms with Crippen molar-refractivity contribution in [3.05, 3.63) is 47.0 Å². The molecule has 140 valence electrons. The number of hydrogen-bond acceptors (Lipinski definition) is 7. The van der Waals surface area contributed by atoms with Crippen LogP contribution in [-0.4, -0.2) is 29.4 Å². The van der Waals surface area contributed by atoms with Crippen LogP contribution in [0.3, 0.4) is 0 Å². The first kappa shape index (κ1) is 17.1. The van der Waals surface area contributed by atoms with E-state index in [4.69, 9.17) is 18.5 Å². The van der Waals surface area contributed by atoms with Crippen LogP contribution in [0.4, 0.5) is 0 Å². The molecule has 0 unspecified atom stereocenters. The molecular weight excluding hydrogens is 350 g/mol. The van der Waals surface area contributed by atoms with E-state index in [1.807, 2.05) is 25.1 Å². The van der Waals surface area contributed by atoms with Crippen molar-refractivity contribution in [3.63, 3.8) is 0 Å². The molecule has 27 heavy (non-hydrogen) atoms. The molecule has 1 amide bonds. The fourth-order valence-corrected chi connectivity index (χ4v) is 2.89. The average Bonchev–Trinajstić information content (AvgIpc) is 3.28. The van der Waals surface area contributed by atoms with Gasteiger partial charge in [-0.25, -0.2) is 0 Å². The number of ether oxygens (including phenoxy) is 2. The van der Waals surface area contributed by atoms with Crippen molar-refractivity contribution in [1.29, 1.82) is 0 Å². The molecule has 0 fully saturated rings. The molecule has 3 aromatic rings. The lowest BCUT2D eigenvalue weighted by atomic mass is 10.1. The predicted octanol–water partition coefficient (Wildman–Crippen LogP) is 2.58. The first-order chi connectivity index (χ1) is 13.1. The summed E-state index contributed by atoms with van der Waals surface area (Å²) in [6.07, 6.45) is 0.216. The third kappa shape index (κ3) is 3.64. The summed E-state index contributed by atoms with van der Waals surface area (Å²) in [5.74, 6) is 2.53. The lowest BCUT2D eigenvalue weighted by molar-refractivity contribution is -0.120. The third-order valence-corrected chi connectivity index (χ3v) is 4.37. The Hall–Kier alpha value is -3.29. The largest absolute Gasteiger partial charge is 0.486 e. The zero-order valence-electron chi connectivity index (χ0n) is 15.1. The Bertz CT molecular complexity index is 956. The summed E-state index contributed by atoms with van der Waals surface area (Å²) in [7, 11) is 0. The van der Waals surface area contributed by atoms with Crippen molar-refractivity contribution in [2.45, 2.75) is 26.8 Å². The molecule has 3 heterocycles. The van der Waals surface area contributed by atoms with Crippen LogP contribution in [0.25, 0.3) is 11.3 Å². The number of aromatic nitrogens is 2. The maximum absolute atomic E-state index is 12.2. The van der Waals surface area contributed by atoms with E-state index < -0.39 is 0 Å². The molecule has 0 atom stereocenters. The van der Waals surface area contributed by atoms with E-state index in [-0.39, 0.29) is 18.9 Å². The number of nitrogens with zero attached hydrogens (tertiary/aromatic N) is 2. The molecule has 1 N–H and O–H groups in total. The molecule has 0 saturated carbocycles. The normalized spacial score (nSPS) is 12.8. The van der Waals surface area contributed by atoms with E-state index >= 15 is 0 Å². The molecule has 1 aliphatic rings. The summed E-state index contributed by atoms with van der Waals surface area (Å²) in [5.41, 5.74) is 3.00. The molecule has 0 saturated heterocycles. The first-order valence-electron chi connectivity index (χ1n) is 8.64. The molecule has 1 aliphatic heterocycles. The first-order valence-corrected chi connectivity index (χ1v) is 8.64. The van der Waals surface area contributed by atoms with Crippen LogP contribution in [-0.2, 0) is 17.8 Å². The molecule has 1 aromatic carbocycles. The summed E-state index contributed by atoms with van der Waals surface area (Å²) in [6.45, 7) is 4.95. The monoisotopic (exact) mass is 369 g/mol. The molecular formula is C19H19N3O5. The van der Waals surface area contributed by atoms with E-state index in [0.29, 0.717) is 36.2 Å². The van der Waals surface area contributed by atoms with E-state index in [9.17, 15) is 4.79 Å². The minimum Gasteiger partial charge on any atom is -0.486 e. The minimum absolute atomic E-state index is 0.131. The fourth-order valence-electron chi connectivity index (χ4n) is 2.89. The lowest BCUT2D eigenvalue weighted by Gasteiger charge is -2.18. The van der Waals surface area contributed by atoms with Crippen molar-refractivity contribution in [2.75, 3.05) is 13.2 Å². The average molecular weight is 369 g/mol. The highest BCUT2D eigenvalue weighted by Crippen LogP contribution is 2.34. The zero-order valence-corrected chi connectivity index (χ0v) is 15.1. The van der Waals surface area contributed by atoms with Gasteiger partial charge in [-0.2, -0.15) is 0 Å². The van der Waals surface area contributed by atoms with Crippen molar-refractivity contribution in [2.24, 2.45) is 0 Å². The summed E-state index contributed by atoms with van der Waals surface area (Å²) in [5, 5.41) is 10.7. The topological polar surface area (TPSA) is 99.6 Å². The number of nitrogens with one attached hydrogen (secondary N) is 1. The van der Waals surface area contributed by atoms with Crippen molar-refractivity contribution >= 4 is 5.91 Å². The smallest absolute Gasteiger partial charge is 0.224 e. The number of rotatable bonds is 5. The van der Waals surface area contributed by atoms with Gasteiger partial charge in [0.1, 0.15) is 24.7 Å². The SMILES string of the molecule is Cc1noc(C)c1CC(=O)NCc1cc(-c2ccc3c(c2)OCCO3)on1. The molecule has 0 bridgehead atoms. The minimum atomic E-state index is -0.131. The maximum Gasteiger partial charge on any atom is 0.224 e. The van der Waals surface area contributed by atoms with Crippen LogP contribution < -0.4 is 14.8 Å². The van der Waals surface area contributed by atoms with Gasteiger partial charge < -0.3 is 23.8 Å². The van der Waals surface area contributed by atoms with Crippen LogP contribution in [0.2, 0.25) is 0 Å². The predicted molar refractivity (Wildman–Crippen MR) is 94.5 cm³/mol. The van der Waals surface area contributed by atoms with Crippen LogP contribution >= 0.6 is 0 Å². The van der Waals surface area contributed by atoms with Gasteiger partial charge in [0.25, 0.3) is 0 Å². The highest BCUT2D eigenvalue weighted by Gasteiger charge is 2.16. The second kappa shape index (κ2) is 7.14. The Morgan fingerprint density at radius 2 is 1.89 bits per heavy atom. The van der Waals surface area contributed by atoms with Gasteiger partial charge in [0.15, 0.2) is 17.3 Å². The standard InChI is InChI=1S/C19H19N3O5/c1-11-15(12(2)26-21-11)9-19(23)20-10-14-8-17(27-22-14)13-3-4-16-18(7-13)25-6-5-24-16/h3-4,7-8H,5-6,9-10H2,1-2H3,(H,20,23). The second-order valence-electron chi connectivity index (χ2n) is 6.30. The van der Waals surface area contributed by atoms with Gasteiger partial charge >= 0.3 is 0 Å². The molecule has 8 nitrogen and oxygen atoms in total. The molecule has 4 rings (SSSR count). The number of carbonyl (C=O) groups is 1. The van der Waals surface area contributed by atoms with Crippen molar-refractivity contribution in [3.8, 4) is 22.8 Å². The van der Waals surface area contributed by atoms with Gasteiger partial charge in [0.2, 0.25) is 5.91 Å². The molecule has 0 aliphatic carbocycles. The van der Waals surface area contributed by atoms with Crippen molar-refractivity contribution in [1.82, 2.24) is 15.6 Å². The lowest BCUT2D eigenvalue weighted by Crippen LogP contribution is -2.25. The van der Waals surface area contributed by atoms with Gasteiger partial charge in [0.05, 0.1) is 18.7 Å². The summed E-state index contributed by atoms with van der Waals surface area (Å²) in [4.78, 5) is 12.2. The Morgan fingerprint density at radius 1 is 1.07 bits per heavy atom. The van der Waals surface area contributed by atoms with Gasteiger partial charge in [-0.1, -0.05) is 10.3 Å². The van der Waals surface area contributed by atoms with E-state index in [1.165, 1.54) is 0 Å². The Kier molecular flexibility index (Phi) is 4.53. The zero-order chi connectivity index (χ0) is 18.8. The van der Waals surface area contributed by atoms with E-state index in [1.54, 1.807) is 13.0 Å². The summed E-state index contributed by atoms with van der Waals surface area (Å²) >= 11 is 0. The molecule has 8 heteroatoms. The Morgan fingerprint density at radius 3 is 2.67 bits per heavy atom. The molecule has 2 aromatic heterocycles. The van der Waals surface area contributed by atoms with Gasteiger partial charge in [-0.05, 0) is 32.0 Å². The Balaban J connectivity index is 1.39. The number of hydrogen-bond donors (Lipinski definition) is 1. The highest BCUT2D eigenvalue weighted by atomic mass is 16.6. The second-order valence-corrected chi connectivity index (χ2v) is 6.30.